The molecule has 8 heteroatoms. The molecule has 1 saturated heterocycles. The van der Waals surface area contributed by atoms with Crippen LogP contribution in [0, 0.1) is 6.92 Å². The molecule has 1 aliphatic heterocycles. The summed E-state index contributed by atoms with van der Waals surface area (Å²) in [6.45, 7) is 2.37. The normalized spacial score (nSPS) is 15.6. The van der Waals surface area contributed by atoms with Crippen LogP contribution in [0.1, 0.15) is 46.2 Å². The van der Waals surface area contributed by atoms with Crippen LogP contribution in [0.25, 0.3) is 0 Å². The second-order valence-electron chi connectivity index (χ2n) is 6.76. The summed E-state index contributed by atoms with van der Waals surface area (Å²) in [6.07, 6.45) is -3.39. The minimum absolute atomic E-state index is 0.0695. The van der Waals surface area contributed by atoms with Crippen molar-refractivity contribution in [3.8, 4) is 0 Å². The summed E-state index contributed by atoms with van der Waals surface area (Å²) in [4.78, 5) is 30.3. The van der Waals surface area contributed by atoms with Crippen LogP contribution < -0.4 is 5.32 Å². The Kier molecular flexibility index (Phi) is 5.67. The van der Waals surface area contributed by atoms with E-state index in [2.05, 4.69) is 10.3 Å². The molecule has 28 heavy (non-hydrogen) atoms. The first-order valence-corrected chi connectivity index (χ1v) is 8.93. The van der Waals surface area contributed by atoms with Gasteiger partial charge in [-0.3, -0.25) is 9.59 Å². The Balaban J connectivity index is 1.89. The summed E-state index contributed by atoms with van der Waals surface area (Å²) < 4.78 is 39.3. The molecule has 0 spiro atoms. The lowest BCUT2D eigenvalue weighted by molar-refractivity contribution is -0.137. The van der Waals surface area contributed by atoms with E-state index in [0.29, 0.717) is 25.1 Å². The van der Waals surface area contributed by atoms with Crippen LogP contribution in [0.2, 0.25) is 0 Å². The van der Waals surface area contributed by atoms with Crippen molar-refractivity contribution in [3.05, 3.63) is 65.0 Å². The molecule has 0 radical (unpaired) electrons. The molecule has 1 aliphatic rings. The van der Waals surface area contributed by atoms with Gasteiger partial charge in [0.05, 0.1) is 11.6 Å². The van der Waals surface area contributed by atoms with Crippen LogP contribution in [0.3, 0.4) is 0 Å². The Morgan fingerprint density at radius 2 is 2.00 bits per heavy atom. The van der Waals surface area contributed by atoms with Gasteiger partial charge in [-0.25, -0.2) is 4.98 Å². The van der Waals surface area contributed by atoms with Gasteiger partial charge in [-0.15, -0.1) is 0 Å². The standard InChI is InChI=1S/C20H20F3N3O2/c1-13-5-2-8-16(24-13)19(28)25-17(12-26-10-4-9-18(26)27)14-6-3-7-15(11-14)20(21,22)23/h2-3,5-8,11,17H,4,9-10,12H2,1H3,(H,25,28)/t17-/m1/s1. The number of likely N-dealkylation sites (tertiary alicyclic amines) is 1. The Morgan fingerprint density at radius 3 is 2.64 bits per heavy atom. The summed E-state index contributed by atoms with van der Waals surface area (Å²) in [7, 11) is 0. The minimum atomic E-state index is -4.49. The molecule has 1 fully saturated rings. The van der Waals surface area contributed by atoms with Crippen molar-refractivity contribution in [1.82, 2.24) is 15.2 Å². The summed E-state index contributed by atoms with van der Waals surface area (Å²) in [5.41, 5.74) is 0.309. The molecule has 2 aromatic rings. The maximum absolute atomic E-state index is 13.1. The molecule has 0 saturated carbocycles. The zero-order chi connectivity index (χ0) is 20.3. The van der Waals surface area contributed by atoms with Crippen LogP contribution in [0.15, 0.2) is 42.5 Å². The topological polar surface area (TPSA) is 62.3 Å². The largest absolute Gasteiger partial charge is 0.416 e. The van der Waals surface area contributed by atoms with Gasteiger partial charge in [-0.05, 0) is 43.2 Å². The monoisotopic (exact) mass is 391 g/mol. The number of hydrogen-bond acceptors (Lipinski definition) is 3. The smallest absolute Gasteiger partial charge is 0.342 e. The molecule has 1 aromatic heterocycles. The molecule has 1 N–H and O–H groups in total. The number of carbonyl (C=O) groups is 2. The molecular weight excluding hydrogens is 371 g/mol. The number of benzene rings is 1. The van der Waals surface area contributed by atoms with Crippen molar-refractivity contribution in [2.24, 2.45) is 0 Å². The van der Waals surface area contributed by atoms with E-state index in [1.807, 2.05) is 0 Å². The van der Waals surface area contributed by atoms with E-state index >= 15 is 0 Å². The first-order valence-electron chi connectivity index (χ1n) is 8.93. The molecule has 3 rings (SSSR count). The molecule has 5 nitrogen and oxygen atoms in total. The van der Waals surface area contributed by atoms with Crippen molar-refractivity contribution in [3.63, 3.8) is 0 Å². The third-order valence-corrected chi connectivity index (χ3v) is 4.62. The lowest BCUT2D eigenvalue weighted by Crippen LogP contribution is -2.39. The first-order chi connectivity index (χ1) is 13.2. The molecule has 1 aromatic carbocycles. The van der Waals surface area contributed by atoms with Crippen LogP contribution >= 0.6 is 0 Å². The number of amides is 2. The fourth-order valence-corrected chi connectivity index (χ4v) is 3.19. The number of nitrogens with one attached hydrogen (secondary N) is 1. The first kappa shape index (κ1) is 19.9. The molecule has 2 heterocycles. The lowest BCUT2D eigenvalue weighted by Gasteiger charge is -2.25. The van der Waals surface area contributed by atoms with Gasteiger partial charge in [-0.2, -0.15) is 13.2 Å². The number of carbonyl (C=O) groups excluding carboxylic acids is 2. The predicted octanol–water partition coefficient (Wildman–Crippen LogP) is 3.50. The number of halogens is 3. The maximum Gasteiger partial charge on any atom is 0.416 e. The van der Waals surface area contributed by atoms with Gasteiger partial charge in [0.15, 0.2) is 0 Å². The summed E-state index contributed by atoms with van der Waals surface area (Å²) >= 11 is 0. The number of nitrogens with zero attached hydrogens (tertiary/aromatic N) is 2. The van der Waals surface area contributed by atoms with Crippen molar-refractivity contribution in [2.45, 2.75) is 32.0 Å². The van der Waals surface area contributed by atoms with E-state index in [9.17, 15) is 22.8 Å². The van der Waals surface area contributed by atoms with E-state index in [4.69, 9.17) is 0 Å². The predicted molar refractivity (Wildman–Crippen MR) is 96.4 cm³/mol. The molecular formula is C20H20F3N3O2. The van der Waals surface area contributed by atoms with Gasteiger partial charge in [-0.1, -0.05) is 18.2 Å². The highest BCUT2D eigenvalue weighted by molar-refractivity contribution is 5.92. The Bertz CT molecular complexity index is 883. The van der Waals surface area contributed by atoms with E-state index in [1.54, 1.807) is 24.0 Å². The quantitative estimate of drug-likeness (QED) is 0.849. The maximum atomic E-state index is 13.1. The van der Waals surface area contributed by atoms with Crippen LogP contribution in [-0.4, -0.2) is 34.8 Å². The highest BCUT2D eigenvalue weighted by Crippen LogP contribution is 2.31. The van der Waals surface area contributed by atoms with E-state index in [0.717, 1.165) is 12.1 Å². The summed E-state index contributed by atoms with van der Waals surface area (Å²) in [5.74, 6) is -0.572. The van der Waals surface area contributed by atoms with Gasteiger partial charge in [0.25, 0.3) is 5.91 Å². The van der Waals surface area contributed by atoms with Crippen LogP contribution in [-0.2, 0) is 11.0 Å². The number of aryl methyl sites for hydroxylation is 1. The highest BCUT2D eigenvalue weighted by Gasteiger charge is 2.32. The van der Waals surface area contributed by atoms with Gasteiger partial charge in [0, 0.05) is 25.2 Å². The molecule has 0 aliphatic carbocycles. The number of aromatic nitrogens is 1. The molecule has 0 bridgehead atoms. The van der Waals surface area contributed by atoms with E-state index in [-0.39, 0.29) is 23.7 Å². The SMILES string of the molecule is Cc1cccc(C(=O)N[C@H](CN2CCCC2=O)c2cccc(C(F)(F)F)c2)n1. The average molecular weight is 391 g/mol. The summed E-state index contributed by atoms with van der Waals surface area (Å²) in [6, 6.07) is 8.98. The third-order valence-electron chi connectivity index (χ3n) is 4.62. The number of rotatable bonds is 5. The van der Waals surface area contributed by atoms with Crippen molar-refractivity contribution >= 4 is 11.8 Å². The number of hydrogen-bond donors (Lipinski definition) is 1. The molecule has 0 unspecified atom stereocenters. The Labute approximate surface area is 160 Å². The zero-order valence-corrected chi connectivity index (χ0v) is 15.3. The van der Waals surface area contributed by atoms with Gasteiger partial charge in [0.1, 0.15) is 5.69 Å². The van der Waals surface area contributed by atoms with Crippen molar-refractivity contribution < 1.29 is 22.8 Å². The molecule has 2 amide bonds. The highest BCUT2D eigenvalue weighted by atomic mass is 19.4. The third kappa shape index (κ3) is 4.68. The van der Waals surface area contributed by atoms with E-state index < -0.39 is 23.7 Å². The summed E-state index contributed by atoms with van der Waals surface area (Å²) in [5, 5.41) is 2.74. The van der Waals surface area contributed by atoms with Gasteiger partial charge < -0.3 is 10.2 Å². The molecule has 148 valence electrons. The Hall–Kier alpha value is -2.90. The van der Waals surface area contributed by atoms with Crippen molar-refractivity contribution in [2.75, 3.05) is 13.1 Å². The zero-order valence-electron chi connectivity index (χ0n) is 15.3. The average Bonchev–Trinajstić information content (AvgIpc) is 3.05. The lowest BCUT2D eigenvalue weighted by atomic mass is 10.0. The van der Waals surface area contributed by atoms with Crippen LogP contribution in [0.4, 0.5) is 13.2 Å². The fraction of sp³-hybridized carbons (Fsp3) is 0.350. The minimum Gasteiger partial charge on any atom is -0.342 e. The second-order valence-corrected chi connectivity index (χ2v) is 6.76. The number of alkyl halides is 3. The van der Waals surface area contributed by atoms with Crippen molar-refractivity contribution in [1.29, 1.82) is 0 Å². The second kappa shape index (κ2) is 8.00. The van der Waals surface area contributed by atoms with E-state index in [1.165, 1.54) is 18.2 Å². The Morgan fingerprint density at radius 1 is 1.25 bits per heavy atom. The molecule has 1 atom stereocenters. The van der Waals surface area contributed by atoms with Gasteiger partial charge >= 0.3 is 6.18 Å². The number of pyridine rings is 1. The van der Waals surface area contributed by atoms with Crippen LogP contribution in [0.5, 0.6) is 0 Å². The van der Waals surface area contributed by atoms with Gasteiger partial charge in [0.2, 0.25) is 5.91 Å². The fourth-order valence-electron chi connectivity index (χ4n) is 3.19.